The molecule has 0 atom stereocenters. The largest absolute Gasteiger partial charge is 0.0831 e. The number of benzene rings is 2. The Labute approximate surface area is 104 Å². The van der Waals surface area contributed by atoms with Gasteiger partial charge in [0.25, 0.3) is 0 Å². The van der Waals surface area contributed by atoms with E-state index >= 15 is 0 Å². The van der Waals surface area contributed by atoms with E-state index in [0.717, 1.165) is 0 Å². The van der Waals surface area contributed by atoms with Crippen LogP contribution in [0.2, 0.25) is 5.02 Å². The molecule has 0 aromatic heterocycles. The molecule has 14 heavy (non-hydrogen) atoms. The molecule has 2 heteroatoms. The Morgan fingerprint density at radius 3 is 2.43 bits per heavy atom. The summed E-state index contributed by atoms with van der Waals surface area (Å²) in [5.74, 6) is 0. The highest BCUT2D eigenvalue weighted by molar-refractivity contribution is 9.10. The van der Waals surface area contributed by atoms with Gasteiger partial charge in [0, 0.05) is 4.47 Å². The second kappa shape index (κ2) is 4.16. The van der Waals surface area contributed by atoms with E-state index in [1.54, 1.807) is 18.2 Å². The maximum Gasteiger partial charge on any atom is 0.0629 e. The van der Waals surface area contributed by atoms with Crippen molar-refractivity contribution in [2.75, 3.05) is 0 Å². The fraction of sp³-hybridized carbons (Fsp3) is 0. The van der Waals surface area contributed by atoms with Gasteiger partial charge in [0.2, 0.25) is 0 Å². The minimum absolute atomic E-state index is 0.170. The van der Waals surface area contributed by atoms with Gasteiger partial charge in [-0.2, -0.15) is 0 Å². The van der Waals surface area contributed by atoms with E-state index < -0.39 is 6.04 Å². The van der Waals surface area contributed by atoms with E-state index in [1.165, 1.54) is 0 Å². The van der Waals surface area contributed by atoms with Crippen molar-refractivity contribution in [3.63, 3.8) is 0 Å². The molecule has 0 heterocycles. The average Bonchev–Trinajstić information content (AvgIpc) is 2.38. The van der Waals surface area contributed by atoms with Crippen LogP contribution in [-0.4, -0.2) is 0 Å². The van der Waals surface area contributed by atoms with Crippen LogP contribution in [0.15, 0.2) is 52.9 Å². The molecule has 2 aromatic carbocycles. The molecule has 0 N–H and O–H groups in total. The van der Waals surface area contributed by atoms with Crippen molar-refractivity contribution in [3.05, 3.63) is 57.9 Å². The van der Waals surface area contributed by atoms with Gasteiger partial charge in [-0.15, -0.1) is 0 Å². The lowest BCUT2D eigenvalue weighted by Gasteiger charge is -2.02. The molecule has 0 bridgehead atoms. The van der Waals surface area contributed by atoms with E-state index in [9.17, 15) is 0 Å². The Bertz CT molecular complexity index is 643. The lowest BCUT2D eigenvalue weighted by Crippen LogP contribution is -1.77. The number of rotatable bonds is 1. The van der Waals surface area contributed by atoms with Gasteiger partial charge in [-0.1, -0.05) is 47.9 Å². The van der Waals surface area contributed by atoms with Gasteiger partial charge >= 0.3 is 0 Å². The Morgan fingerprint density at radius 2 is 1.79 bits per heavy atom. The Balaban J connectivity index is 2.79. The number of hydrogen-bond acceptors (Lipinski definition) is 0. The van der Waals surface area contributed by atoms with Crippen LogP contribution in [0.5, 0.6) is 0 Å². The fourth-order valence-corrected chi connectivity index (χ4v) is 1.54. The van der Waals surface area contributed by atoms with Gasteiger partial charge in [0.05, 0.1) is 11.9 Å². The summed E-state index contributed by atoms with van der Waals surface area (Å²) in [6, 6.07) is 3.34. The van der Waals surface area contributed by atoms with E-state index in [1.807, 2.05) is 0 Å². The minimum Gasteiger partial charge on any atom is -0.0831 e. The van der Waals surface area contributed by atoms with Crippen LogP contribution < -0.4 is 0 Å². The second-order valence-electron chi connectivity index (χ2n) is 2.63. The highest BCUT2D eigenvalue weighted by atomic mass is 79.9. The predicted octanol–water partition coefficient (Wildman–Crippen LogP) is 4.77. The molecular weight excluding hydrogens is 259 g/mol. The third-order valence-electron chi connectivity index (χ3n) is 1.71. The number of hydrogen-bond donors (Lipinski definition) is 0. The quantitative estimate of drug-likeness (QED) is 0.701. The Kier molecular flexibility index (Phi) is 1.58. The maximum absolute atomic E-state index is 7.88. The van der Waals surface area contributed by atoms with Crippen molar-refractivity contribution in [2.24, 2.45) is 0 Å². The minimum atomic E-state index is -0.397. The molecule has 0 spiro atoms. The lowest BCUT2D eigenvalue weighted by atomic mass is 10.1. The number of halogens is 2. The molecule has 0 radical (unpaired) electrons. The molecule has 70 valence electrons. The summed E-state index contributed by atoms with van der Waals surface area (Å²) in [6.07, 6.45) is 0. The van der Waals surface area contributed by atoms with Crippen molar-refractivity contribution in [3.8, 4) is 11.1 Å². The first-order chi connectivity index (χ1) is 8.84. The third-order valence-corrected chi connectivity index (χ3v) is 2.92. The molecule has 0 amide bonds. The van der Waals surface area contributed by atoms with E-state index in [0.29, 0.717) is 15.1 Å². The fourth-order valence-electron chi connectivity index (χ4n) is 1.05. The van der Waals surface area contributed by atoms with Gasteiger partial charge in [0.15, 0.2) is 0 Å². The second-order valence-corrected chi connectivity index (χ2v) is 3.89. The first-order valence-electron chi connectivity index (χ1n) is 6.37. The monoisotopic (exact) mass is 271 g/mol. The maximum atomic E-state index is 7.88. The lowest BCUT2D eigenvalue weighted by molar-refractivity contribution is 1.59. The molecule has 2 rings (SSSR count). The van der Waals surface area contributed by atoms with Crippen molar-refractivity contribution in [1.82, 2.24) is 0 Å². The van der Waals surface area contributed by atoms with Crippen LogP contribution in [0, 0.1) is 0 Å². The molecule has 0 nitrogen and oxygen atoms in total. The van der Waals surface area contributed by atoms with Gasteiger partial charge in [0.1, 0.15) is 0 Å². The summed E-state index contributed by atoms with van der Waals surface area (Å²) in [5.41, 5.74) is 0.691. The van der Waals surface area contributed by atoms with Gasteiger partial charge < -0.3 is 0 Å². The van der Waals surface area contributed by atoms with E-state index in [4.69, 9.17) is 18.5 Å². The predicted molar refractivity (Wildman–Crippen MR) is 64.6 cm³/mol. The molecule has 0 aliphatic heterocycles. The van der Waals surface area contributed by atoms with Crippen LogP contribution in [0.25, 0.3) is 11.1 Å². The van der Waals surface area contributed by atoms with E-state index in [2.05, 4.69) is 15.9 Å². The first-order valence-corrected chi connectivity index (χ1v) is 5.04. The van der Waals surface area contributed by atoms with Gasteiger partial charge in [-0.3, -0.25) is 0 Å². The zero-order valence-electron chi connectivity index (χ0n) is 12.0. The smallest absolute Gasteiger partial charge is 0.0629 e. The molecule has 0 saturated carbocycles. The topological polar surface area (TPSA) is 0 Å². The summed E-state index contributed by atoms with van der Waals surface area (Å²) >= 11 is 9.15. The van der Waals surface area contributed by atoms with Crippen LogP contribution in [0.3, 0.4) is 0 Å². The van der Waals surface area contributed by atoms with Crippen molar-refractivity contribution in [2.45, 2.75) is 0 Å². The van der Waals surface area contributed by atoms with E-state index in [-0.39, 0.29) is 29.7 Å². The van der Waals surface area contributed by atoms with Crippen LogP contribution in [-0.2, 0) is 0 Å². The molecule has 0 aliphatic carbocycles. The zero-order valence-corrected chi connectivity index (χ0v) is 9.33. The normalized spacial score (nSPS) is 15.1. The zero-order chi connectivity index (χ0) is 14.3. The van der Waals surface area contributed by atoms with Crippen molar-refractivity contribution in [1.29, 1.82) is 0 Å². The highest BCUT2D eigenvalue weighted by Crippen LogP contribution is 2.28. The summed E-state index contributed by atoms with van der Waals surface area (Å²) in [7, 11) is 0. The molecule has 0 fully saturated rings. The molecule has 0 saturated heterocycles. The molecule has 0 unspecified atom stereocenters. The van der Waals surface area contributed by atoms with Gasteiger partial charge in [-0.05, 0) is 39.2 Å². The van der Waals surface area contributed by atoms with Crippen LogP contribution in [0.1, 0.15) is 6.85 Å². The molecular formula is C12H8BrCl. The Hall–Kier alpha value is -0.790. The summed E-state index contributed by atoms with van der Waals surface area (Å²) in [4.78, 5) is 0. The summed E-state index contributed by atoms with van der Waals surface area (Å²) in [5, 5.41) is 0.496. The standard InChI is InChI=1S/C12H8BrCl/c13-11-8-10(6-7-12(11)14)9-4-2-1-3-5-9/h1-8H/i1D,2D,3D,4D,5D. The third kappa shape index (κ3) is 1.99. The Morgan fingerprint density at radius 1 is 1.07 bits per heavy atom. The highest BCUT2D eigenvalue weighted by Gasteiger charge is 2.00. The van der Waals surface area contributed by atoms with Crippen LogP contribution >= 0.6 is 27.5 Å². The van der Waals surface area contributed by atoms with Crippen molar-refractivity contribution < 1.29 is 6.85 Å². The summed E-state index contributed by atoms with van der Waals surface area (Å²) in [6.45, 7) is 0. The molecule has 0 aliphatic rings. The molecule has 2 aromatic rings. The average molecular weight is 273 g/mol. The summed E-state index contributed by atoms with van der Waals surface area (Å²) < 4.78 is 39.2. The SMILES string of the molecule is [2H]c1c([2H])c([2H])c(-c2ccc(Cl)c(Br)c2)c([2H])c1[2H]. The van der Waals surface area contributed by atoms with Gasteiger partial charge in [-0.25, -0.2) is 0 Å². The van der Waals surface area contributed by atoms with Crippen LogP contribution in [0.4, 0.5) is 0 Å². The first kappa shape index (κ1) is 5.34. The van der Waals surface area contributed by atoms with Crippen molar-refractivity contribution >= 4 is 27.5 Å².